The molecule has 0 aliphatic carbocycles. The Kier molecular flexibility index (Phi) is 2.85. The summed E-state index contributed by atoms with van der Waals surface area (Å²) in [5.74, 6) is 0. The lowest BCUT2D eigenvalue weighted by atomic mass is 9.78. The van der Waals surface area contributed by atoms with E-state index >= 15 is 0 Å². The third-order valence-electron chi connectivity index (χ3n) is 0.769. The fourth-order valence-electron chi connectivity index (χ4n) is 0.479. The van der Waals surface area contributed by atoms with Gasteiger partial charge >= 0.3 is 0 Å². The van der Waals surface area contributed by atoms with Crippen LogP contribution < -0.4 is 0 Å². The Morgan fingerprint density at radius 2 is 1.67 bits per heavy atom. The predicted molar refractivity (Wildman–Crippen MR) is 50.5 cm³/mol. The molecule has 1 aliphatic rings. The summed E-state index contributed by atoms with van der Waals surface area (Å²) < 4.78 is 3.86. The first-order valence-electron chi connectivity index (χ1n) is 2.22. The van der Waals surface area contributed by atoms with Crippen LogP contribution in [0.4, 0.5) is 0 Å². The zero-order valence-corrected chi connectivity index (χ0v) is 9.07. The Morgan fingerprint density at radius 3 is 2.00 bits per heavy atom. The summed E-state index contributed by atoms with van der Waals surface area (Å²) in [6.45, 7) is 0. The molecule has 9 heavy (non-hydrogen) atoms. The van der Waals surface area contributed by atoms with Gasteiger partial charge in [0.2, 0.25) is 7.28 Å². The molecule has 0 saturated heterocycles. The zero-order chi connectivity index (χ0) is 6.85. The third-order valence-corrected chi connectivity index (χ3v) is 2.05. The van der Waals surface area contributed by atoms with Gasteiger partial charge in [-0.25, -0.2) is 0 Å². The van der Waals surface area contributed by atoms with Crippen LogP contribution in [0.25, 0.3) is 0 Å². The van der Waals surface area contributed by atoms with E-state index in [9.17, 15) is 0 Å². The van der Waals surface area contributed by atoms with E-state index in [1.807, 2.05) is 19.7 Å². The van der Waals surface area contributed by atoms with Crippen LogP contribution in [0.2, 0.25) is 0 Å². The summed E-state index contributed by atoms with van der Waals surface area (Å²) in [5, 5.41) is 0. The maximum Gasteiger partial charge on any atom is 0.214 e. The lowest BCUT2D eigenvalue weighted by molar-refractivity contribution is 0.880. The van der Waals surface area contributed by atoms with Gasteiger partial charge in [-0.05, 0) is 8.76 Å². The summed E-state index contributed by atoms with van der Waals surface area (Å²) in [7, 11) is 1.97. The Hall–Kier alpha value is 0.785. The molecule has 0 saturated carbocycles. The average molecular weight is 315 g/mol. The first-order valence-corrected chi connectivity index (χ1v) is 4.51. The van der Waals surface area contributed by atoms with Gasteiger partial charge in [0.05, 0.1) is 16.1 Å². The highest BCUT2D eigenvalue weighted by Crippen LogP contribution is 2.21. The standard InChI is InChI=1S/C4H2BBr3N/c6-3-1-9(8)2-4(7)5-3/h1-2H. The van der Waals surface area contributed by atoms with Crippen LogP contribution in [0.1, 0.15) is 0 Å². The lowest BCUT2D eigenvalue weighted by Gasteiger charge is -2.12. The van der Waals surface area contributed by atoms with Gasteiger partial charge in [0.1, 0.15) is 0 Å². The lowest BCUT2D eigenvalue weighted by Crippen LogP contribution is -2.05. The molecule has 0 fully saturated rings. The maximum absolute atomic E-state index is 3.33. The molecule has 0 amide bonds. The predicted octanol–water partition coefficient (Wildman–Crippen LogP) is 2.70. The van der Waals surface area contributed by atoms with Gasteiger partial charge in [-0.1, -0.05) is 31.9 Å². The average Bonchev–Trinajstić information content (AvgIpc) is 1.59. The molecule has 0 aromatic heterocycles. The van der Waals surface area contributed by atoms with E-state index in [0.29, 0.717) is 0 Å². The van der Waals surface area contributed by atoms with Crippen molar-refractivity contribution < 1.29 is 0 Å². The van der Waals surface area contributed by atoms with Crippen molar-refractivity contribution in [3.05, 3.63) is 21.2 Å². The van der Waals surface area contributed by atoms with E-state index < -0.39 is 0 Å². The van der Waals surface area contributed by atoms with Gasteiger partial charge in [0.25, 0.3) is 0 Å². The number of halogens is 3. The molecule has 1 nitrogen and oxygen atoms in total. The summed E-state index contributed by atoms with van der Waals surface area (Å²) in [6, 6.07) is 0. The molecule has 0 aromatic rings. The minimum Gasteiger partial charge on any atom is -0.292 e. The van der Waals surface area contributed by atoms with Crippen molar-refractivity contribution in [1.29, 1.82) is 0 Å². The highest BCUT2D eigenvalue weighted by atomic mass is 79.9. The Morgan fingerprint density at radius 1 is 1.22 bits per heavy atom. The molecular weight excluding hydrogens is 313 g/mol. The van der Waals surface area contributed by atoms with Crippen molar-refractivity contribution in [3.63, 3.8) is 0 Å². The number of hydrogen-bond donors (Lipinski definition) is 0. The minimum absolute atomic E-state index is 1.04. The Labute approximate surface area is 80.0 Å². The highest BCUT2D eigenvalue weighted by molar-refractivity contribution is 9.13. The fourth-order valence-corrected chi connectivity index (χ4v) is 2.71. The smallest absolute Gasteiger partial charge is 0.214 e. The first kappa shape index (κ1) is 7.89. The zero-order valence-electron chi connectivity index (χ0n) is 4.31. The molecule has 1 radical (unpaired) electrons. The largest absolute Gasteiger partial charge is 0.292 e. The van der Waals surface area contributed by atoms with Crippen LogP contribution in [-0.4, -0.2) is 11.2 Å². The molecule has 0 N–H and O–H groups in total. The molecule has 5 heteroatoms. The van der Waals surface area contributed by atoms with Crippen LogP contribution in [0.5, 0.6) is 0 Å². The van der Waals surface area contributed by atoms with Crippen molar-refractivity contribution in [2.24, 2.45) is 0 Å². The fraction of sp³-hybridized carbons (Fsp3) is 0. The summed E-state index contributed by atoms with van der Waals surface area (Å²) >= 11 is 9.93. The van der Waals surface area contributed by atoms with Crippen LogP contribution >= 0.6 is 48.0 Å². The molecule has 0 atom stereocenters. The van der Waals surface area contributed by atoms with Gasteiger partial charge in [0, 0.05) is 12.4 Å². The van der Waals surface area contributed by atoms with Crippen LogP contribution in [0.3, 0.4) is 0 Å². The second-order valence-electron chi connectivity index (χ2n) is 1.52. The molecule has 0 aromatic carbocycles. The van der Waals surface area contributed by atoms with Crippen molar-refractivity contribution in [2.45, 2.75) is 0 Å². The van der Waals surface area contributed by atoms with E-state index in [-0.39, 0.29) is 0 Å². The monoisotopic (exact) mass is 312 g/mol. The van der Waals surface area contributed by atoms with E-state index in [2.05, 4.69) is 48.0 Å². The molecule has 1 rings (SSSR count). The van der Waals surface area contributed by atoms with E-state index in [1.165, 1.54) is 0 Å². The number of nitrogens with zero attached hydrogens (tertiary/aromatic N) is 1. The van der Waals surface area contributed by atoms with E-state index in [0.717, 1.165) is 8.76 Å². The maximum atomic E-state index is 3.33. The van der Waals surface area contributed by atoms with E-state index in [4.69, 9.17) is 0 Å². The number of hydrogen-bond acceptors (Lipinski definition) is 1. The minimum atomic E-state index is 1.04. The Bertz CT molecular complexity index is 159. The second kappa shape index (κ2) is 3.26. The Balaban J connectivity index is 2.69. The van der Waals surface area contributed by atoms with Crippen molar-refractivity contribution in [3.8, 4) is 0 Å². The van der Waals surface area contributed by atoms with E-state index in [1.54, 1.807) is 3.93 Å². The van der Waals surface area contributed by atoms with Crippen LogP contribution in [0.15, 0.2) is 21.2 Å². The molecule has 0 unspecified atom stereocenters. The summed E-state index contributed by atoms with van der Waals surface area (Å²) in [6.07, 6.45) is 3.82. The summed E-state index contributed by atoms with van der Waals surface area (Å²) in [5.41, 5.74) is 0. The molecule has 0 spiro atoms. The van der Waals surface area contributed by atoms with Crippen LogP contribution in [0, 0.1) is 0 Å². The highest BCUT2D eigenvalue weighted by Gasteiger charge is 2.06. The molecule has 47 valence electrons. The molecule has 1 heterocycles. The second-order valence-corrected chi connectivity index (χ2v) is 4.17. The molecule has 1 aliphatic heterocycles. The van der Waals surface area contributed by atoms with Gasteiger partial charge in [-0.3, -0.25) is 3.93 Å². The van der Waals surface area contributed by atoms with Gasteiger partial charge in [0.15, 0.2) is 0 Å². The quantitative estimate of drug-likeness (QED) is 0.491. The van der Waals surface area contributed by atoms with Gasteiger partial charge in [-0.2, -0.15) is 0 Å². The van der Waals surface area contributed by atoms with Crippen LogP contribution in [-0.2, 0) is 0 Å². The van der Waals surface area contributed by atoms with Crippen molar-refractivity contribution >= 4 is 55.3 Å². The van der Waals surface area contributed by atoms with Crippen molar-refractivity contribution in [2.75, 3.05) is 0 Å². The number of rotatable bonds is 0. The third kappa shape index (κ3) is 2.47. The molecule has 0 bridgehead atoms. The van der Waals surface area contributed by atoms with Gasteiger partial charge in [-0.15, -0.1) is 0 Å². The normalized spacial score (nSPS) is 18.3. The van der Waals surface area contributed by atoms with Gasteiger partial charge < -0.3 is 0 Å². The van der Waals surface area contributed by atoms with Crippen molar-refractivity contribution in [1.82, 2.24) is 3.93 Å². The summed E-state index contributed by atoms with van der Waals surface area (Å²) in [4.78, 5) is 0. The molecular formula is C4H2BBr3N. The topological polar surface area (TPSA) is 3.24 Å². The SMILES string of the molecule is BrC1=CN(Br)C=C(Br)[B]1. The first-order chi connectivity index (χ1) is 4.18.